The molecule has 1 aromatic carbocycles. The molecule has 2 rings (SSSR count). The van der Waals surface area contributed by atoms with Gasteiger partial charge in [0.2, 0.25) is 5.82 Å². The highest BCUT2D eigenvalue weighted by molar-refractivity contribution is 5.78. The molecule has 0 saturated heterocycles. The molecule has 1 fully saturated rings. The first-order valence-electron chi connectivity index (χ1n) is 7.01. The molecule has 0 heterocycles. The second-order valence-electron chi connectivity index (χ2n) is 6.23. The highest BCUT2D eigenvalue weighted by Gasteiger charge is 2.61. The van der Waals surface area contributed by atoms with Crippen molar-refractivity contribution in [3.8, 4) is 0 Å². The van der Waals surface area contributed by atoms with Crippen LogP contribution in [-0.2, 0) is 16.1 Å². The third-order valence-electron chi connectivity index (χ3n) is 4.23. The van der Waals surface area contributed by atoms with Crippen LogP contribution in [0.5, 0.6) is 0 Å². The fourth-order valence-corrected chi connectivity index (χ4v) is 2.70. The van der Waals surface area contributed by atoms with E-state index < -0.39 is 70.3 Å². The molecule has 0 radical (unpaired) electrons. The third-order valence-corrected chi connectivity index (χ3v) is 4.23. The van der Waals surface area contributed by atoms with Crippen LogP contribution >= 0.6 is 0 Å². The SMILES string of the molecule is CC(F)=C[C@@H]1[C@@H](C(=O)OCc2c(F)c(F)c(F)c(F)c2F)C1(C)C. The van der Waals surface area contributed by atoms with E-state index in [0.717, 1.165) is 0 Å². The van der Waals surface area contributed by atoms with Crippen molar-refractivity contribution in [3.05, 3.63) is 46.6 Å². The Morgan fingerprint density at radius 2 is 1.50 bits per heavy atom. The van der Waals surface area contributed by atoms with Gasteiger partial charge in [-0.1, -0.05) is 13.8 Å². The molecule has 1 aliphatic rings. The second kappa shape index (κ2) is 6.14. The molecule has 0 amide bonds. The number of carbonyl (C=O) groups excluding carboxylic acids is 1. The third kappa shape index (κ3) is 3.01. The van der Waals surface area contributed by atoms with Crippen molar-refractivity contribution < 1.29 is 35.9 Å². The number of rotatable bonds is 4. The Bertz CT molecular complexity index is 693. The molecule has 0 bridgehead atoms. The Morgan fingerprint density at radius 1 is 1.04 bits per heavy atom. The Morgan fingerprint density at radius 3 is 1.96 bits per heavy atom. The first-order chi connectivity index (χ1) is 11.0. The van der Waals surface area contributed by atoms with Crippen LogP contribution in [0.3, 0.4) is 0 Å². The maximum atomic E-state index is 13.5. The molecule has 1 aliphatic carbocycles. The minimum atomic E-state index is -2.29. The van der Waals surface area contributed by atoms with Crippen molar-refractivity contribution in [2.24, 2.45) is 17.3 Å². The molecule has 8 heteroatoms. The summed E-state index contributed by atoms with van der Waals surface area (Å²) in [7, 11) is 0. The van der Waals surface area contributed by atoms with E-state index in [1.54, 1.807) is 13.8 Å². The van der Waals surface area contributed by atoms with Gasteiger partial charge >= 0.3 is 5.97 Å². The zero-order chi connectivity index (χ0) is 18.4. The fraction of sp³-hybridized carbons (Fsp3) is 0.438. The highest BCUT2D eigenvalue weighted by Crippen LogP contribution is 2.59. The summed E-state index contributed by atoms with van der Waals surface area (Å²) in [6, 6.07) is 0. The Balaban J connectivity index is 2.16. The summed E-state index contributed by atoms with van der Waals surface area (Å²) >= 11 is 0. The van der Waals surface area contributed by atoms with E-state index in [2.05, 4.69) is 4.74 Å². The van der Waals surface area contributed by atoms with Crippen molar-refractivity contribution in [2.45, 2.75) is 27.4 Å². The van der Waals surface area contributed by atoms with Gasteiger partial charge in [0.1, 0.15) is 6.61 Å². The lowest BCUT2D eigenvalue weighted by molar-refractivity contribution is -0.147. The molecule has 1 saturated carbocycles. The van der Waals surface area contributed by atoms with E-state index in [0.29, 0.717) is 0 Å². The van der Waals surface area contributed by atoms with Crippen LogP contribution in [0.1, 0.15) is 26.3 Å². The summed E-state index contributed by atoms with van der Waals surface area (Å²) in [5, 5.41) is 0. The van der Waals surface area contributed by atoms with Gasteiger partial charge in [0.25, 0.3) is 0 Å². The van der Waals surface area contributed by atoms with Crippen LogP contribution in [0.25, 0.3) is 0 Å². The van der Waals surface area contributed by atoms with E-state index in [1.165, 1.54) is 13.0 Å². The lowest BCUT2D eigenvalue weighted by Gasteiger charge is -2.09. The molecule has 1 aromatic rings. The molecule has 2 nitrogen and oxygen atoms in total. The molecular weight excluding hydrogens is 338 g/mol. The maximum absolute atomic E-state index is 13.5. The summed E-state index contributed by atoms with van der Waals surface area (Å²) in [6.07, 6.45) is 1.23. The zero-order valence-corrected chi connectivity index (χ0v) is 13.0. The van der Waals surface area contributed by atoms with Gasteiger partial charge in [0.15, 0.2) is 23.3 Å². The van der Waals surface area contributed by atoms with Gasteiger partial charge in [-0.3, -0.25) is 4.79 Å². The van der Waals surface area contributed by atoms with Crippen LogP contribution in [0.15, 0.2) is 11.9 Å². The molecule has 132 valence electrons. The van der Waals surface area contributed by atoms with Gasteiger partial charge in [-0.25, -0.2) is 26.3 Å². The quantitative estimate of drug-likeness (QED) is 0.343. The number of benzene rings is 1. The first-order valence-corrected chi connectivity index (χ1v) is 7.01. The Hall–Kier alpha value is -1.99. The summed E-state index contributed by atoms with van der Waals surface area (Å²) in [5.74, 6) is -13.2. The van der Waals surface area contributed by atoms with Gasteiger partial charge < -0.3 is 4.74 Å². The van der Waals surface area contributed by atoms with Crippen LogP contribution in [-0.4, -0.2) is 5.97 Å². The molecule has 24 heavy (non-hydrogen) atoms. The standard InChI is InChI=1S/C16H14F6O2/c1-6(17)4-8-9(16(8,2)3)15(23)24-5-7-10(18)12(20)14(22)13(21)11(7)19/h4,8-9H,5H2,1-3H3/t8-,9+/m1/s1. The number of carbonyl (C=O) groups is 1. The normalized spacial score (nSPS) is 22.5. The molecule has 2 atom stereocenters. The van der Waals surface area contributed by atoms with Crippen LogP contribution in [0.4, 0.5) is 26.3 Å². The Kier molecular flexibility index (Phi) is 4.70. The highest BCUT2D eigenvalue weighted by atomic mass is 19.2. The molecule has 0 aliphatic heterocycles. The minimum Gasteiger partial charge on any atom is -0.460 e. The first kappa shape index (κ1) is 18.4. The molecule has 0 spiro atoms. The summed E-state index contributed by atoms with van der Waals surface area (Å²) in [6.45, 7) is 3.43. The predicted octanol–water partition coefficient (Wildman–Crippen LogP) is 4.57. The van der Waals surface area contributed by atoms with E-state index >= 15 is 0 Å². The lowest BCUT2D eigenvalue weighted by atomic mass is 10.1. The Labute approximate surface area is 134 Å². The number of allylic oxidation sites excluding steroid dienone is 2. The van der Waals surface area contributed by atoms with Crippen molar-refractivity contribution in [3.63, 3.8) is 0 Å². The summed E-state index contributed by atoms with van der Waals surface area (Å²) in [4.78, 5) is 12.0. The van der Waals surface area contributed by atoms with Crippen molar-refractivity contribution in [1.82, 2.24) is 0 Å². The molecule has 0 N–H and O–H groups in total. The second-order valence-corrected chi connectivity index (χ2v) is 6.23. The van der Waals surface area contributed by atoms with Crippen molar-refractivity contribution in [2.75, 3.05) is 0 Å². The number of esters is 1. The van der Waals surface area contributed by atoms with E-state index in [9.17, 15) is 31.1 Å². The number of ether oxygens (including phenoxy) is 1. The summed E-state index contributed by atoms with van der Waals surface area (Å²) in [5.41, 5.74) is -1.85. The minimum absolute atomic E-state index is 0.466. The average molecular weight is 352 g/mol. The van der Waals surface area contributed by atoms with Crippen molar-refractivity contribution >= 4 is 5.97 Å². The van der Waals surface area contributed by atoms with Crippen LogP contribution in [0.2, 0.25) is 0 Å². The van der Waals surface area contributed by atoms with Gasteiger partial charge in [-0.15, -0.1) is 0 Å². The predicted molar refractivity (Wildman–Crippen MR) is 71.7 cm³/mol. The van der Waals surface area contributed by atoms with Gasteiger partial charge in [0, 0.05) is 0 Å². The van der Waals surface area contributed by atoms with Gasteiger partial charge in [-0.2, -0.15) is 0 Å². The monoisotopic (exact) mass is 352 g/mol. The topological polar surface area (TPSA) is 26.3 Å². The van der Waals surface area contributed by atoms with E-state index in [4.69, 9.17) is 0 Å². The number of hydrogen-bond acceptors (Lipinski definition) is 2. The van der Waals surface area contributed by atoms with E-state index in [1.807, 2.05) is 0 Å². The number of halogens is 6. The zero-order valence-electron chi connectivity index (χ0n) is 13.0. The molecule has 0 aromatic heterocycles. The van der Waals surface area contributed by atoms with Crippen LogP contribution in [0, 0.1) is 46.3 Å². The maximum Gasteiger partial charge on any atom is 0.310 e. The lowest BCUT2D eigenvalue weighted by Crippen LogP contribution is -2.14. The number of hydrogen-bond donors (Lipinski definition) is 0. The van der Waals surface area contributed by atoms with E-state index in [-0.39, 0.29) is 0 Å². The molecule has 0 unspecified atom stereocenters. The van der Waals surface area contributed by atoms with Crippen molar-refractivity contribution in [1.29, 1.82) is 0 Å². The van der Waals surface area contributed by atoms with Crippen LogP contribution < -0.4 is 0 Å². The smallest absolute Gasteiger partial charge is 0.310 e. The largest absolute Gasteiger partial charge is 0.460 e. The van der Waals surface area contributed by atoms with Gasteiger partial charge in [-0.05, 0) is 24.3 Å². The van der Waals surface area contributed by atoms with Gasteiger partial charge in [0.05, 0.1) is 17.3 Å². The average Bonchev–Trinajstić information content (AvgIpc) is 3.02. The fourth-order valence-electron chi connectivity index (χ4n) is 2.70. The molecular formula is C16H14F6O2. The summed E-state index contributed by atoms with van der Waals surface area (Å²) < 4.78 is 83.7.